The summed E-state index contributed by atoms with van der Waals surface area (Å²) in [6.07, 6.45) is 2.25. The Morgan fingerprint density at radius 1 is 1.21 bits per heavy atom. The lowest BCUT2D eigenvalue weighted by molar-refractivity contribution is -0.127. The maximum Gasteiger partial charge on any atom is 0.223 e. The summed E-state index contributed by atoms with van der Waals surface area (Å²) in [5.41, 5.74) is 2.01. The van der Waals surface area contributed by atoms with E-state index < -0.39 is 0 Å². The first-order chi connectivity index (χ1) is 13.7. The van der Waals surface area contributed by atoms with E-state index in [0.717, 1.165) is 22.6 Å². The molecule has 28 heavy (non-hydrogen) atoms. The second kappa shape index (κ2) is 8.07. The third-order valence-electron chi connectivity index (χ3n) is 5.01. The van der Waals surface area contributed by atoms with Crippen molar-refractivity contribution in [1.29, 1.82) is 0 Å². The average molecular weight is 396 g/mol. The maximum atomic E-state index is 12.3. The average Bonchev–Trinajstić information content (AvgIpc) is 3.25. The molecule has 0 unspecified atom stereocenters. The first-order valence-corrected chi connectivity index (χ1v) is 9.75. The van der Waals surface area contributed by atoms with Gasteiger partial charge in [0.1, 0.15) is 18.2 Å². The van der Waals surface area contributed by atoms with Gasteiger partial charge in [0.25, 0.3) is 0 Å². The Kier molecular flexibility index (Phi) is 5.35. The largest absolute Gasteiger partial charge is 0.492 e. The van der Waals surface area contributed by atoms with Gasteiger partial charge in [-0.25, -0.2) is 4.98 Å². The zero-order chi connectivity index (χ0) is 19.5. The number of imidazole rings is 1. The van der Waals surface area contributed by atoms with Gasteiger partial charge in [0.15, 0.2) is 0 Å². The Morgan fingerprint density at radius 3 is 2.79 bits per heavy atom. The molecule has 4 rings (SSSR count). The van der Waals surface area contributed by atoms with Gasteiger partial charge < -0.3 is 14.2 Å². The summed E-state index contributed by atoms with van der Waals surface area (Å²) in [4.78, 5) is 19.0. The van der Waals surface area contributed by atoms with Crippen LogP contribution in [0.5, 0.6) is 5.75 Å². The molecule has 0 aliphatic carbocycles. The van der Waals surface area contributed by atoms with Crippen LogP contribution in [-0.4, -0.2) is 40.1 Å². The lowest BCUT2D eigenvalue weighted by Gasteiger charge is -2.16. The van der Waals surface area contributed by atoms with Gasteiger partial charge >= 0.3 is 0 Å². The highest BCUT2D eigenvalue weighted by atomic mass is 35.5. The highest BCUT2D eigenvalue weighted by Gasteiger charge is 2.33. The third kappa shape index (κ3) is 3.76. The number of aromatic nitrogens is 2. The van der Waals surface area contributed by atoms with Crippen LogP contribution in [0.4, 0.5) is 0 Å². The Bertz CT molecular complexity index is 997. The maximum absolute atomic E-state index is 12.3. The highest BCUT2D eigenvalue weighted by molar-refractivity contribution is 6.30. The zero-order valence-corrected chi connectivity index (χ0v) is 16.3. The van der Waals surface area contributed by atoms with Crippen molar-refractivity contribution < 1.29 is 9.53 Å². The van der Waals surface area contributed by atoms with Gasteiger partial charge in [0, 0.05) is 30.5 Å². The van der Waals surface area contributed by atoms with E-state index in [0.29, 0.717) is 37.7 Å². The Balaban J connectivity index is 1.56. The van der Waals surface area contributed by atoms with Crippen LogP contribution in [0.25, 0.3) is 11.0 Å². The predicted molar refractivity (Wildman–Crippen MR) is 111 cm³/mol. The van der Waals surface area contributed by atoms with Crippen LogP contribution < -0.4 is 4.74 Å². The molecule has 0 saturated carbocycles. The van der Waals surface area contributed by atoms with E-state index >= 15 is 0 Å². The summed E-state index contributed by atoms with van der Waals surface area (Å²) >= 11 is 5.93. The molecule has 1 aromatic heterocycles. The molecule has 3 aromatic rings. The van der Waals surface area contributed by atoms with E-state index in [1.54, 1.807) is 6.08 Å². The van der Waals surface area contributed by atoms with Gasteiger partial charge in [-0.05, 0) is 36.4 Å². The van der Waals surface area contributed by atoms with Crippen molar-refractivity contribution in [2.24, 2.45) is 0 Å². The molecule has 2 heterocycles. The molecule has 6 heteroatoms. The summed E-state index contributed by atoms with van der Waals surface area (Å²) in [5.74, 6) is 1.96. The van der Waals surface area contributed by atoms with E-state index in [4.69, 9.17) is 21.3 Å². The van der Waals surface area contributed by atoms with Crippen molar-refractivity contribution in [2.45, 2.75) is 18.9 Å². The number of nitrogens with zero attached hydrogens (tertiary/aromatic N) is 3. The molecule has 1 atom stereocenters. The third-order valence-corrected chi connectivity index (χ3v) is 5.26. The number of halogens is 1. The fourth-order valence-electron chi connectivity index (χ4n) is 3.70. The van der Waals surface area contributed by atoms with E-state index in [-0.39, 0.29) is 11.8 Å². The normalized spacial score (nSPS) is 16.7. The Morgan fingerprint density at radius 2 is 2.00 bits per heavy atom. The summed E-state index contributed by atoms with van der Waals surface area (Å²) in [6, 6.07) is 15.4. The molecule has 0 spiro atoms. The number of ether oxygens (including phenoxy) is 1. The van der Waals surface area contributed by atoms with Crippen LogP contribution in [-0.2, 0) is 11.3 Å². The minimum Gasteiger partial charge on any atom is -0.492 e. The lowest BCUT2D eigenvalue weighted by Crippen LogP contribution is -2.25. The van der Waals surface area contributed by atoms with Gasteiger partial charge in [0.05, 0.1) is 17.6 Å². The summed E-state index contributed by atoms with van der Waals surface area (Å²) in [5, 5.41) is 0.685. The first kappa shape index (κ1) is 18.6. The van der Waals surface area contributed by atoms with Crippen LogP contribution in [0.3, 0.4) is 0 Å². The van der Waals surface area contributed by atoms with Crippen molar-refractivity contribution in [3.63, 3.8) is 0 Å². The predicted octanol–water partition coefficient (Wildman–Crippen LogP) is 4.27. The molecule has 0 N–H and O–H groups in total. The summed E-state index contributed by atoms with van der Waals surface area (Å²) < 4.78 is 8.06. The number of benzene rings is 2. The molecule has 1 fully saturated rings. The molecular formula is C22H22ClN3O2. The zero-order valence-electron chi connectivity index (χ0n) is 15.6. The number of rotatable bonds is 7. The molecule has 2 aromatic carbocycles. The van der Waals surface area contributed by atoms with Crippen molar-refractivity contribution >= 4 is 28.5 Å². The topological polar surface area (TPSA) is 47.4 Å². The molecular weight excluding hydrogens is 374 g/mol. The van der Waals surface area contributed by atoms with Crippen LogP contribution >= 0.6 is 11.6 Å². The molecule has 1 aliphatic heterocycles. The number of carbonyl (C=O) groups excluding carboxylic acids is 1. The van der Waals surface area contributed by atoms with Crippen LogP contribution in [0.15, 0.2) is 61.2 Å². The van der Waals surface area contributed by atoms with Gasteiger partial charge in [-0.2, -0.15) is 0 Å². The van der Waals surface area contributed by atoms with E-state index in [1.165, 1.54) is 0 Å². The number of hydrogen-bond acceptors (Lipinski definition) is 3. The minimum atomic E-state index is 0.0791. The smallest absolute Gasteiger partial charge is 0.223 e. The minimum absolute atomic E-state index is 0.0791. The fourth-order valence-corrected chi connectivity index (χ4v) is 3.83. The van der Waals surface area contributed by atoms with E-state index in [2.05, 4.69) is 17.2 Å². The van der Waals surface area contributed by atoms with Crippen molar-refractivity contribution in [1.82, 2.24) is 14.5 Å². The number of hydrogen-bond donors (Lipinski definition) is 0. The van der Waals surface area contributed by atoms with Crippen LogP contribution in [0.2, 0.25) is 5.02 Å². The standard InChI is InChI=1S/C22H22ClN3O2/c1-2-11-25-15-16(14-21(25)27)22-24-19-5-3-4-6-20(19)26(22)12-13-28-18-9-7-17(23)8-10-18/h2-10,16H,1,11-15H2/t16-/m1/s1. The highest BCUT2D eigenvalue weighted by Crippen LogP contribution is 2.30. The quantitative estimate of drug-likeness (QED) is 0.561. The molecule has 0 radical (unpaired) electrons. The van der Waals surface area contributed by atoms with Crippen molar-refractivity contribution in [3.05, 3.63) is 72.0 Å². The summed E-state index contributed by atoms with van der Waals surface area (Å²) in [7, 11) is 0. The molecule has 1 amide bonds. The number of fused-ring (bicyclic) bond motifs is 1. The van der Waals surface area contributed by atoms with Gasteiger partial charge in [-0.1, -0.05) is 29.8 Å². The van der Waals surface area contributed by atoms with E-state index in [9.17, 15) is 4.79 Å². The number of carbonyl (C=O) groups is 1. The first-order valence-electron chi connectivity index (χ1n) is 9.38. The SMILES string of the molecule is C=CCN1C[C@H](c2nc3ccccc3n2CCOc2ccc(Cl)cc2)CC1=O. The van der Waals surface area contributed by atoms with Gasteiger partial charge in [-0.3, -0.25) is 4.79 Å². The van der Waals surface area contributed by atoms with E-state index in [1.807, 2.05) is 47.4 Å². The summed E-state index contributed by atoms with van der Waals surface area (Å²) in [6.45, 7) is 6.16. The second-order valence-electron chi connectivity index (χ2n) is 6.90. The molecule has 1 aliphatic rings. The molecule has 5 nitrogen and oxygen atoms in total. The number of amides is 1. The Labute approximate surface area is 169 Å². The van der Waals surface area contributed by atoms with Crippen LogP contribution in [0.1, 0.15) is 18.2 Å². The fraction of sp³-hybridized carbons (Fsp3) is 0.273. The second-order valence-corrected chi connectivity index (χ2v) is 7.34. The number of para-hydroxylation sites is 2. The lowest BCUT2D eigenvalue weighted by atomic mass is 10.1. The molecule has 144 valence electrons. The van der Waals surface area contributed by atoms with Gasteiger partial charge in [0.2, 0.25) is 5.91 Å². The number of likely N-dealkylation sites (tertiary alicyclic amines) is 1. The van der Waals surface area contributed by atoms with Crippen molar-refractivity contribution in [3.8, 4) is 5.75 Å². The van der Waals surface area contributed by atoms with Gasteiger partial charge in [-0.15, -0.1) is 6.58 Å². The molecule has 0 bridgehead atoms. The van der Waals surface area contributed by atoms with Crippen LogP contribution in [0, 0.1) is 0 Å². The Hall–Kier alpha value is -2.79. The molecule has 1 saturated heterocycles. The monoisotopic (exact) mass is 395 g/mol. The van der Waals surface area contributed by atoms with Crippen molar-refractivity contribution in [2.75, 3.05) is 19.7 Å².